The molecule has 1 aliphatic carbocycles. The van der Waals surface area contributed by atoms with E-state index in [1.165, 1.54) is 12.8 Å². The van der Waals surface area contributed by atoms with Crippen molar-refractivity contribution in [2.24, 2.45) is 5.92 Å². The summed E-state index contributed by atoms with van der Waals surface area (Å²) in [5, 5.41) is 2.93. The molecule has 1 saturated carbocycles. The Bertz CT molecular complexity index is 703. The van der Waals surface area contributed by atoms with Crippen LogP contribution >= 0.6 is 15.9 Å². The van der Waals surface area contributed by atoms with Crippen molar-refractivity contribution >= 4 is 33.4 Å². The van der Waals surface area contributed by atoms with Crippen LogP contribution in [0.1, 0.15) is 32.1 Å². The fraction of sp³-hybridized carbons (Fsp3) is 0.556. The third-order valence-electron chi connectivity index (χ3n) is 5.18. The number of hydrogen-bond donors (Lipinski definition) is 1. The second-order valence-corrected chi connectivity index (χ2v) is 7.70. The van der Waals surface area contributed by atoms with Crippen molar-refractivity contribution in [1.29, 1.82) is 0 Å². The maximum absolute atomic E-state index is 12.7. The van der Waals surface area contributed by atoms with Crippen molar-refractivity contribution in [2.75, 3.05) is 25.1 Å². The SMILES string of the molecule is O=C(Nc1cc2c(cc1Br)OCCO2)[C@@H]1CC(=O)N(C2CCCC2)C1. The van der Waals surface area contributed by atoms with Gasteiger partial charge < -0.3 is 19.7 Å². The molecule has 2 heterocycles. The summed E-state index contributed by atoms with van der Waals surface area (Å²) in [4.78, 5) is 26.9. The lowest BCUT2D eigenvalue weighted by molar-refractivity contribution is -0.129. The number of rotatable bonds is 3. The van der Waals surface area contributed by atoms with E-state index >= 15 is 0 Å². The van der Waals surface area contributed by atoms with Crippen LogP contribution in [0.2, 0.25) is 0 Å². The minimum Gasteiger partial charge on any atom is -0.486 e. The lowest BCUT2D eigenvalue weighted by Gasteiger charge is -2.24. The molecule has 1 N–H and O–H groups in total. The predicted molar refractivity (Wildman–Crippen MR) is 95.8 cm³/mol. The molecule has 2 aliphatic heterocycles. The van der Waals surface area contributed by atoms with Gasteiger partial charge in [-0.1, -0.05) is 12.8 Å². The molecule has 6 nitrogen and oxygen atoms in total. The summed E-state index contributed by atoms with van der Waals surface area (Å²) in [6, 6.07) is 3.89. The average molecular weight is 409 g/mol. The standard InChI is InChI=1S/C18H21BrN2O4/c19-13-8-15-16(25-6-5-24-15)9-14(13)20-18(23)11-7-17(22)21(10-11)12-3-1-2-4-12/h8-9,11-12H,1-7,10H2,(H,20,23)/t11-/m1/s1. The van der Waals surface area contributed by atoms with Gasteiger partial charge in [-0.05, 0) is 28.8 Å². The van der Waals surface area contributed by atoms with E-state index in [0.29, 0.717) is 49.4 Å². The van der Waals surface area contributed by atoms with Crippen LogP contribution < -0.4 is 14.8 Å². The van der Waals surface area contributed by atoms with Crippen molar-refractivity contribution in [2.45, 2.75) is 38.1 Å². The minimum atomic E-state index is -0.298. The lowest BCUT2D eigenvalue weighted by Crippen LogP contribution is -2.35. The highest BCUT2D eigenvalue weighted by molar-refractivity contribution is 9.10. The molecule has 0 unspecified atom stereocenters. The number of nitrogens with zero attached hydrogens (tertiary/aromatic N) is 1. The number of fused-ring (bicyclic) bond motifs is 1. The maximum Gasteiger partial charge on any atom is 0.229 e. The molecule has 1 saturated heterocycles. The number of benzene rings is 1. The zero-order valence-electron chi connectivity index (χ0n) is 13.9. The van der Waals surface area contributed by atoms with Crippen LogP contribution in [-0.2, 0) is 9.59 Å². The van der Waals surface area contributed by atoms with Gasteiger partial charge in [0.1, 0.15) is 13.2 Å². The molecule has 3 aliphatic rings. The number of carbonyl (C=O) groups is 2. The molecule has 0 spiro atoms. The Morgan fingerprint density at radius 3 is 2.56 bits per heavy atom. The summed E-state index contributed by atoms with van der Waals surface area (Å²) in [7, 11) is 0. The number of anilines is 1. The van der Waals surface area contributed by atoms with Crippen LogP contribution in [0.3, 0.4) is 0 Å². The summed E-state index contributed by atoms with van der Waals surface area (Å²) in [6.45, 7) is 1.54. The highest BCUT2D eigenvalue weighted by atomic mass is 79.9. The lowest BCUT2D eigenvalue weighted by atomic mass is 10.1. The van der Waals surface area contributed by atoms with Crippen LogP contribution in [0.5, 0.6) is 11.5 Å². The fourth-order valence-electron chi connectivity index (χ4n) is 3.87. The predicted octanol–water partition coefficient (Wildman–Crippen LogP) is 2.95. The number of likely N-dealkylation sites (tertiary alicyclic amines) is 1. The molecule has 1 atom stereocenters. The molecule has 25 heavy (non-hydrogen) atoms. The Hall–Kier alpha value is -1.76. The second-order valence-electron chi connectivity index (χ2n) is 6.85. The van der Waals surface area contributed by atoms with E-state index in [2.05, 4.69) is 21.2 Å². The van der Waals surface area contributed by atoms with E-state index in [4.69, 9.17) is 9.47 Å². The van der Waals surface area contributed by atoms with Crippen molar-refractivity contribution in [3.8, 4) is 11.5 Å². The topological polar surface area (TPSA) is 67.9 Å². The molecular formula is C18H21BrN2O4. The van der Waals surface area contributed by atoms with Crippen LogP contribution in [-0.4, -0.2) is 42.5 Å². The van der Waals surface area contributed by atoms with Crippen LogP contribution in [0.25, 0.3) is 0 Å². The quantitative estimate of drug-likeness (QED) is 0.834. The molecule has 0 radical (unpaired) electrons. The van der Waals surface area contributed by atoms with E-state index in [1.54, 1.807) is 12.1 Å². The van der Waals surface area contributed by atoms with E-state index in [0.717, 1.165) is 17.3 Å². The first-order valence-electron chi connectivity index (χ1n) is 8.81. The van der Waals surface area contributed by atoms with Crippen LogP contribution in [0, 0.1) is 5.92 Å². The molecular weight excluding hydrogens is 388 g/mol. The number of carbonyl (C=O) groups excluding carboxylic acids is 2. The van der Waals surface area contributed by atoms with Gasteiger partial charge in [-0.25, -0.2) is 0 Å². The molecule has 7 heteroatoms. The first kappa shape index (κ1) is 16.7. The largest absolute Gasteiger partial charge is 0.486 e. The number of ether oxygens (including phenoxy) is 2. The highest BCUT2D eigenvalue weighted by Gasteiger charge is 2.38. The van der Waals surface area contributed by atoms with E-state index in [-0.39, 0.29) is 17.7 Å². The first-order chi connectivity index (χ1) is 12.1. The van der Waals surface area contributed by atoms with Gasteiger partial charge in [0.05, 0.1) is 11.6 Å². The summed E-state index contributed by atoms with van der Waals surface area (Å²) >= 11 is 3.46. The van der Waals surface area contributed by atoms with Crippen LogP contribution in [0.15, 0.2) is 16.6 Å². The smallest absolute Gasteiger partial charge is 0.229 e. The number of nitrogens with one attached hydrogen (secondary N) is 1. The maximum atomic E-state index is 12.7. The van der Waals surface area contributed by atoms with Gasteiger partial charge in [-0.3, -0.25) is 9.59 Å². The number of hydrogen-bond acceptors (Lipinski definition) is 4. The van der Waals surface area contributed by atoms with Gasteiger partial charge in [0.2, 0.25) is 11.8 Å². The van der Waals surface area contributed by atoms with Gasteiger partial charge in [0.25, 0.3) is 0 Å². The Balaban J connectivity index is 1.44. The zero-order valence-corrected chi connectivity index (χ0v) is 15.5. The molecule has 2 fully saturated rings. The third kappa shape index (κ3) is 3.34. The molecule has 1 aromatic carbocycles. The van der Waals surface area contributed by atoms with Crippen molar-refractivity contribution in [1.82, 2.24) is 4.90 Å². The van der Waals surface area contributed by atoms with E-state index < -0.39 is 0 Å². The monoisotopic (exact) mass is 408 g/mol. The van der Waals surface area contributed by atoms with Crippen LogP contribution in [0.4, 0.5) is 5.69 Å². The molecule has 4 rings (SSSR count). The van der Waals surface area contributed by atoms with Crippen molar-refractivity contribution in [3.05, 3.63) is 16.6 Å². The molecule has 1 aromatic rings. The van der Waals surface area contributed by atoms with Gasteiger partial charge in [-0.2, -0.15) is 0 Å². The summed E-state index contributed by atoms with van der Waals surface area (Å²) in [5.41, 5.74) is 0.640. The molecule has 2 amide bonds. The minimum absolute atomic E-state index is 0.105. The Kier molecular flexibility index (Phi) is 4.58. The average Bonchev–Trinajstić information content (AvgIpc) is 3.24. The Labute approximate surface area is 155 Å². The highest BCUT2D eigenvalue weighted by Crippen LogP contribution is 2.38. The third-order valence-corrected chi connectivity index (χ3v) is 5.84. The summed E-state index contributed by atoms with van der Waals surface area (Å²) in [5.74, 6) is 0.979. The van der Waals surface area contributed by atoms with E-state index in [9.17, 15) is 9.59 Å². The van der Waals surface area contributed by atoms with Crippen molar-refractivity contribution < 1.29 is 19.1 Å². The summed E-state index contributed by atoms with van der Waals surface area (Å²) < 4.78 is 11.8. The van der Waals surface area contributed by atoms with Crippen molar-refractivity contribution in [3.63, 3.8) is 0 Å². The molecule has 0 aromatic heterocycles. The second kappa shape index (κ2) is 6.86. The van der Waals surface area contributed by atoms with Gasteiger partial charge in [-0.15, -0.1) is 0 Å². The van der Waals surface area contributed by atoms with Gasteiger partial charge in [0.15, 0.2) is 11.5 Å². The number of amides is 2. The molecule has 0 bridgehead atoms. The molecule has 134 valence electrons. The fourth-order valence-corrected chi connectivity index (χ4v) is 4.29. The van der Waals surface area contributed by atoms with E-state index in [1.807, 2.05) is 4.90 Å². The zero-order chi connectivity index (χ0) is 17.4. The van der Waals surface area contributed by atoms with Gasteiger partial charge in [0, 0.05) is 35.6 Å². The van der Waals surface area contributed by atoms with Gasteiger partial charge >= 0.3 is 0 Å². The normalized spacial score (nSPS) is 23.2. The Morgan fingerprint density at radius 1 is 1.16 bits per heavy atom. The number of halogens is 1. The summed E-state index contributed by atoms with van der Waals surface area (Å²) in [6.07, 6.45) is 4.77. The first-order valence-corrected chi connectivity index (χ1v) is 9.60. The Morgan fingerprint density at radius 2 is 1.84 bits per heavy atom.